The molecule has 0 saturated carbocycles. The van der Waals surface area contributed by atoms with Crippen LogP contribution in [0.25, 0.3) is 0 Å². The number of benzene rings is 3. The second-order valence-electron chi connectivity index (χ2n) is 11.5. The van der Waals surface area contributed by atoms with Crippen molar-refractivity contribution in [3.63, 3.8) is 0 Å². The third-order valence-corrected chi connectivity index (χ3v) is 12.5. The molecule has 220 valence electrons. The number of aliphatic hydroxyl groups is 1. The molecule has 6 heteroatoms. The predicted octanol–water partition coefficient (Wildman–Crippen LogP) is 6.97. The number of aliphatic hydroxyl groups excluding tert-OH is 1. The minimum absolute atomic E-state index is 0.177. The van der Waals surface area contributed by atoms with Gasteiger partial charge in [-0.2, -0.15) is 0 Å². The first-order valence-corrected chi connectivity index (χ1v) is 16.2. The minimum Gasteiger partial charge on any atom is -0.497 e. The van der Waals surface area contributed by atoms with E-state index in [1.54, 1.807) is 13.2 Å². The summed E-state index contributed by atoms with van der Waals surface area (Å²) in [6, 6.07) is 28.5. The van der Waals surface area contributed by atoms with Crippen LogP contribution in [0.15, 0.2) is 109 Å². The summed E-state index contributed by atoms with van der Waals surface area (Å²) in [4.78, 5) is 0. The number of rotatable bonds is 14. The normalized spacial score (nSPS) is 15.1. The molecule has 0 spiro atoms. The van der Waals surface area contributed by atoms with E-state index in [4.69, 9.17) is 13.9 Å². The zero-order chi connectivity index (χ0) is 29.9. The average Bonchev–Trinajstić information content (AvgIpc) is 2.97. The van der Waals surface area contributed by atoms with E-state index in [-0.39, 0.29) is 17.1 Å². The molecule has 0 aliphatic carbocycles. The highest BCUT2D eigenvalue weighted by atomic mass is 28.4. The zero-order valence-corrected chi connectivity index (χ0v) is 26.2. The number of methoxy groups -OCH3 is 1. The van der Waals surface area contributed by atoms with Crippen molar-refractivity contribution in [3.05, 3.63) is 115 Å². The molecule has 0 heterocycles. The summed E-state index contributed by atoms with van der Waals surface area (Å²) >= 11 is 0. The van der Waals surface area contributed by atoms with Crippen molar-refractivity contribution in [3.8, 4) is 5.75 Å². The monoisotopic (exact) mass is 576 g/mol. The van der Waals surface area contributed by atoms with Crippen molar-refractivity contribution in [1.29, 1.82) is 0 Å². The molecule has 0 saturated heterocycles. The lowest BCUT2D eigenvalue weighted by Crippen LogP contribution is -2.67. The van der Waals surface area contributed by atoms with Crippen molar-refractivity contribution >= 4 is 18.7 Å². The van der Waals surface area contributed by atoms with Crippen LogP contribution in [-0.2, 0) is 15.8 Å². The Hall–Kier alpha value is -3.03. The topological polar surface area (TPSA) is 47.9 Å². The van der Waals surface area contributed by atoms with Crippen LogP contribution in [0.2, 0.25) is 5.04 Å². The van der Waals surface area contributed by atoms with Crippen LogP contribution in [-0.4, -0.2) is 39.3 Å². The number of hydrogen-bond acceptors (Lipinski definition) is 4. The SMILES string of the molecule is COc1ccc(COCCC=CC(O)C(F)=C[C@H](C)[C@H](C)O[Si](c2ccccc2)(c2ccccc2)C(C)(C)C)cc1. The lowest BCUT2D eigenvalue weighted by molar-refractivity contribution is 0.125. The van der Waals surface area contributed by atoms with Crippen molar-refractivity contribution in [2.45, 2.75) is 64.9 Å². The minimum atomic E-state index is -2.77. The molecule has 0 amide bonds. The molecule has 0 fully saturated rings. The number of ether oxygens (including phenoxy) is 2. The molecule has 41 heavy (non-hydrogen) atoms. The highest BCUT2D eigenvalue weighted by Gasteiger charge is 2.51. The summed E-state index contributed by atoms with van der Waals surface area (Å²) in [5.74, 6) is -0.0302. The Labute approximate surface area is 246 Å². The van der Waals surface area contributed by atoms with E-state index in [2.05, 4.69) is 69.3 Å². The molecule has 0 aromatic heterocycles. The van der Waals surface area contributed by atoms with Crippen molar-refractivity contribution in [2.24, 2.45) is 5.92 Å². The molecule has 0 radical (unpaired) electrons. The fourth-order valence-electron chi connectivity index (χ4n) is 4.94. The van der Waals surface area contributed by atoms with Gasteiger partial charge < -0.3 is 19.0 Å². The maximum absolute atomic E-state index is 15.1. The van der Waals surface area contributed by atoms with Gasteiger partial charge in [-0.15, -0.1) is 0 Å². The van der Waals surface area contributed by atoms with Gasteiger partial charge in [-0.25, -0.2) is 4.39 Å². The van der Waals surface area contributed by atoms with E-state index in [1.807, 2.05) is 50.2 Å². The summed E-state index contributed by atoms with van der Waals surface area (Å²) in [5, 5.41) is 12.6. The van der Waals surface area contributed by atoms with Crippen LogP contribution in [0.4, 0.5) is 4.39 Å². The Bertz CT molecular complexity index is 1200. The molecule has 4 nitrogen and oxygen atoms in total. The van der Waals surface area contributed by atoms with Gasteiger partial charge in [0.25, 0.3) is 8.32 Å². The largest absolute Gasteiger partial charge is 0.497 e. The molecule has 1 unspecified atom stereocenters. The van der Waals surface area contributed by atoms with E-state index in [0.717, 1.165) is 11.3 Å². The highest BCUT2D eigenvalue weighted by molar-refractivity contribution is 6.99. The van der Waals surface area contributed by atoms with Gasteiger partial charge in [-0.1, -0.05) is 113 Å². The summed E-state index contributed by atoms with van der Waals surface area (Å²) < 4.78 is 33.0. The van der Waals surface area contributed by atoms with E-state index in [9.17, 15) is 5.11 Å². The Kier molecular flexibility index (Phi) is 12.1. The lowest BCUT2D eigenvalue weighted by Gasteiger charge is -2.45. The molecular weight excluding hydrogens is 531 g/mol. The fraction of sp³-hybridized carbons (Fsp3) is 0.371. The van der Waals surface area contributed by atoms with Crippen LogP contribution >= 0.6 is 0 Å². The molecule has 1 N–H and O–H groups in total. The quantitative estimate of drug-likeness (QED) is 0.128. The second-order valence-corrected chi connectivity index (χ2v) is 15.7. The molecule has 0 bridgehead atoms. The smallest absolute Gasteiger partial charge is 0.261 e. The Morgan fingerprint density at radius 1 is 0.902 bits per heavy atom. The first kappa shape index (κ1) is 32.5. The average molecular weight is 577 g/mol. The Morgan fingerprint density at radius 2 is 1.46 bits per heavy atom. The van der Waals surface area contributed by atoms with Crippen LogP contribution in [0.3, 0.4) is 0 Å². The molecule has 3 atom stereocenters. The molecule has 3 rings (SSSR count). The molecular formula is C35H45FO4Si. The Morgan fingerprint density at radius 3 is 1.98 bits per heavy atom. The van der Waals surface area contributed by atoms with Gasteiger partial charge in [0, 0.05) is 12.0 Å². The molecule has 0 aliphatic heterocycles. The highest BCUT2D eigenvalue weighted by Crippen LogP contribution is 2.38. The van der Waals surface area contributed by atoms with Crippen LogP contribution < -0.4 is 15.1 Å². The van der Waals surface area contributed by atoms with Gasteiger partial charge in [0.15, 0.2) is 0 Å². The molecule has 0 aliphatic rings. The van der Waals surface area contributed by atoms with E-state index >= 15 is 4.39 Å². The van der Waals surface area contributed by atoms with Crippen molar-refractivity contribution in [2.75, 3.05) is 13.7 Å². The fourth-order valence-corrected chi connectivity index (χ4v) is 9.73. The summed E-state index contributed by atoms with van der Waals surface area (Å²) in [6.07, 6.45) is 3.69. The van der Waals surface area contributed by atoms with Crippen LogP contribution in [0.1, 0.15) is 46.6 Å². The van der Waals surface area contributed by atoms with Gasteiger partial charge in [0.05, 0.1) is 20.3 Å². The first-order valence-electron chi connectivity index (χ1n) is 14.3. The Balaban J connectivity index is 1.64. The van der Waals surface area contributed by atoms with Gasteiger partial charge in [0.2, 0.25) is 0 Å². The molecule has 3 aromatic carbocycles. The third kappa shape index (κ3) is 8.73. The summed E-state index contributed by atoms with van der Waals surface area (Å²) in [7, 11) is -1.13. The van der Waals surface area contributed by atoms with Gasteiger partial charge in [-0.05, 0) is 52.5 Å². The maximum atomic E-state index is 15.1. The first-order chi connectivity index (χ1) is 19.6. The zero-order valence-electron chi connectivity index (χ0n) is 25.2. The van der Waals surface area contributed by atoms with Crippen molar-refractivity contribution < 1.29 is 23.4 Å². The van der Waals surface area contributed by atoms with E-state index in [0.29, 0.717) is 19.6 Å². The van der Waals surface area contributed by atoms with E-state index in [1.165, 1.54) is 22.5 Å². The van der Waals surface area contributed by atoms with Crippen LogP contribution in [0, 0.1) is 5.92 Å². The second kappa shape index (κ2) is 15.3. The number of halogens is 1. The predicted molar refractivity (Wildman–Crippen MR) is 169 cm³/mol. The van der Waals surface area contributed by atoms with E-state index < -0.39 is 20.2 Å². The van der Waals surface area contributed by atoms with Crippen molar-refractivity contribution in [1.82, 2.24) is 0 Å². The summed E-state index contributed by atoms with van der Waals surface area (Å²) in [6.45, 7) is 11.6. The standard InChI is InChI=1S/C35H45FO4Si/c1-27(25-33(36)34(37)19-13-14-24-39-26-29-20-22-30(38-6)23-21-29)28(2)40-41(35(3,4)5,31-15-9-7-10-16-31)32-17-11-8-12-18-32/h7-13,15-23,25,27-28,34,37H,14,24,26H2,1-6H3/t27-,28-,34?/m0/s1. The van der Waals surface area contributed by atoms with Crippen LogP contribution in [0.5, 0.6) is 5.75 Å². The molecule has 3 aromatic rings. The number of hydrogen-bond donors (Lipinski definition) is 1. The van der Waals surface area contributed by atoms with Gasteiger partial charge in [0.1, 0.15) is 17.7 Å². The van der Waals surface area contributed by atoms with Gasteiger partial charge >= 0.3 is 0 Å². The lowest BCUT2D eigenvalue weighted by atomic mass is 10.0. The van der Waals surface area contributed by atoms with Gasteiger partial charge in [-0.3, -0.25) is 0 Å². The summed E-state index contributed by atoms with van der Waals surface area (Å²) in [5.41, 5.74) is 1.05. The third-order valence-electron chi connectivity index (χ3n) is 7.40. The maximum Gasteiger partial charge on any atom is 0.261 e.